The first-order valence-electron chi connectivity index (χ1n) is 6.71. The zero-order valence-electron chi connectivity index (χ0n) is 11.9. The Labute approximate surface area is 121 Å². The van der Waals surface area contributed by atoms with Crippen molar-refractivity contribution >= 4 is 11.6 Å². The maximum Gasteiger partial charge on any atom is 0.418 e. The Kier molecular flexibility index (Phi) is 4.13. The fourth-order valence-corrected chi connectivity index (χ4v) is 2.39. The van der Waals surface area contributed by atoms with Crippen LogP contribution in [0.25, 0.3) is 0 Å². The molecule has 7 heteroatoms. The van der Waals surface area contributed by atoms with Gasteiger partial charge in [0.1, 0.15) is 0 Å². The fraction of sp³-hybridized carbons (Fsp3) is 0.500. The number of amides is 1. The first-order valence-corrected chi connectivity index (χ1v) is 6.71. The molecule has 1 saturated carbocycles. The molecular formula is C14H18F3N3O. The van der Waals surface area contributed by atoms with Gasteiger partial charge in [-0.15, -0.1) is 0 Å². The predicted octanol–water partition coefficient (Wildman–Crippen LogP) is 2.86. The minimum absolute atomic E-state index is 0.00216. The van der Waals surface area contributed by atoms with Crippen molar-refractivity contribution in [3.05, 3.63) is 29.3 Å². The molecule has 0 spiro atoms. The van der Waals surface area contributed by atoms with Crippen molar-refractivity contribution in [3.8, 4) is 0 Å². The number of rotatable bonds is 4. The van der Waals surface area contributed by atoms with Gasteiger partial charge in [0.05, 0.1) is 16.8 Å². The summed E-state index contributed by atoms with van der Waals surface area (Å²) in [5.74, 6) is 5.18. The number of hydrogen-bond acceptors (Lipinski definition) is 3. The second-order valence-electron chi connectivity index (χ2n) is 5.36. The predicted molar refractivity (Wildman–Crippen MR) is 73.5 cm³/mol. The lowest BCUT2D eigenvalue weighted by molar-refractivity contribution is -0.137. The van der Waals surface area contributed by atoms with E-state index in [0.29, 0.717) is 5.92 Å². The van der Waals surface area contributed by atoms with Gasteiger partial charge >= 0.3 is 6.18 Å². The lowest BCUT2D eigenvalue weighted by atomic mass is 10.0. The van der Waals surface area contributed by atoms with Gasteiger partial charge in [0.2, 0.25) is 0 Å². The molecular weight excluding hydrogens is 283 g/mol. The zero-order valence-corrected chi connectivity index (χ0v) is 11.9. The molecule has 1 aromatic rings. The summed E-state index contributed by atoms with van der Waals surface area (Å²) in [6.07, 6.45) is -2.48. The van der Waals surface area contributed by atoms with Gasteiger partial charge in [0.25, 0.3) is 5.91 Å². The Bertz CT molecular complexity index is 541. The highest BCUT2D eigenvalue weighted by Crippen LogP contribution is 2.38. The summed E-state index contributed by atoms with van der Waals surface area (Å²) in [6, 6.07) is 3.46. The Morgan fingerprint density at radius 1 is 1.43 bits per heavy atom. The van der Waals surface area contributed by atoms with Crippen LogP contribution in [0.1, 0.15) is 35.7 Å². The minimum Gasteiger partial charge on any atom is -0.339 e. The Balaban J connectivity index is 2.36. The molecule has 1 atom stereocenters. The molecule has 116 valence electrons. The van der Waals surface area contributed by atoms with E-state index in [2.05, 4.69) is 0 Å². The van der Waals surface area contributed by atoms with E-state index < -0.39 is 17.6 Å². The van der Waals surface area contributed by atoms with Gasteiger partial charge in [0, 0.05) is 13.1 Å². The Morgan fingerprint density at radius 2 is 2.05 bits per heavy atom. The van der Waals surface area contributed by atoms with E-state index in [1.165, 1.54) is 17.0 Å². The number of alkyl halides is 3. The molecule has 21 heavy (non-hydrogen) atoms. The molecule has 1 aliphatic carbocycles. The molecule has 2 rings (SSSR count). The van der Waals surface area contributed by atoms with Gasteiger partial charge in [-0.2, -0.15) is 13.2 Å². The highest BCUT2D eigenvalue weighted by molar-refractivity contribution is 6.00. The molecule has 1 amide bonds. The average molecular weight is 301 g/mol. The molecule has 3 N–H and O–H groups in total. The number of hydrogen-bond donors (Lipinski definition) is 2. The molecule has 1 aliphatic rings. The lowest BCUT2D eigenvalue weighted by Gasteiger charge is -2.26. The third-order valence-corrected chi connectivity index (χ3v) is 3.98. The second kappa shape index (κ2) is 5.55. The van der Waals surface area contributed by atoms with Gasteiger partial charge in [-0.3, -0.25) is 10.6 Å². The molecule has 1 fully saturated rings. The van der Waals surface area contributed by atoms with Crippen LogP contribution in [-0.2, 0) is 6.18 Å². The first-order chi connectivity index (χ1) is 9.77. The number of nitrogens with two attached hydrogens (primary N) is 1. The van der Waals surface area contributed by atoms with E-state index in [1.807, 2.05) is 12.3 Å². The third kappa shape index (κ3) is 3.12. The summed E-state index contributed by atoms with van der Waals surface area (Å²) in [4.78, 5) is 13.9. The van der Waals surface area contributed by atoms with Crippen molar-refractivity contribution in [2.45, 2.75) is 32.0 Å². The summed E-state index contributed by atoms with van der Waals surface area (Å²) in [7, 11) is 1.60. The molecule has 4 nitrogen and oxygen atoms in total. The van der Waals surface area contributed by atoms with Crippen molar-refractivity contribution in [1.82, 2.24) is 4.90 Å². The van der Waals surface area contributed by atoms with Crippen LogP contribution in [0.5, 0.6) is 0 Å². The van der Waals surface area contributed by atoms with Crippen LogP contribution in [0.4, 0.5) is 18.9 Å². The maximum absolute atomic E-state index is 13.0. The van der Waals surface area contributed by atoms with Crippen LogP contribution >= 0.6 is 0 Å². The average Bonchev–Trinajstić information content (AvgIpc) is 3.27. The molecule has 0 aromatic heterocycles. The number of nitrogens with zero attached hydrogens (tertiary/aromatic N) is 1. The minimum atomic E-state index is -4.57. The van der Waals surface area contributed by atoms with Crippen LogP contribution < -0.4 is 11.3 Å². The third-order valence-electron chi connectivity index (χ3n) is 3.98. The molecule has 0 bridgehead atoms. The molecule has 0 aliphatic heterocycles. The van der Waals surface area contributed by atoms with Crippen molar-refractivity contribution in [1.29, 1.82) is 0 Å². The number of para-hydroxylation sites is 1. The lowest BCUT2D eigenvalue weighted by Crippen LogP contribution is -2.37. The van der Waals surface area contributed by atoms with Gasteiger partial charge in [-0.05, 0) is 37.8 Å². The molecule has 1 unspecified atom stereocenters. The summed E-state index contributed by atoms with van der Waals surface area (Å²) >= 11 is 0. The van der Waals surface area contributed by atoms with Gasteiger partial charge in [0.15, 0.2) is 0 Å². The van der Waals surface area contributed by atoms with E-state index >= 15 is 0 Å². The number of nitrogen functional groups attached to an aromatic ring is 1. The SMILES string of the molecule is CC(C1CC1)N(C)C(=O)c1cccc(C(F)(F)F)c1NN. The van der Waals surface area contributed by atoms with Crippen molar-refractivity contribution in [2.75, 3.05) is 12.5 Å². The number of halogens is 3. The Hall–Kier alpha value is -1.76. The number of benzene rings is 1. The van der Waals surface area contributed by atoms with Gasteiger partial charge in [-0.25, -0.2) is 0 Å². The number of carbonyl (C=O) groups excluding carboxylic acids is 1. The van der Waals surface area contributed by atoms with E-state index in [4.69, 9.17) is 5.84 Å². The van der Waals surface area contributed by atoms with Crippen LogP contribution in [0.3, 0.4) is 0 Å². The molecule has 1 aromatic carbocycles. The molecule has 0 radical (unpaired) electrons. The highest BCUT2D eigenvalue weighted by Gasteiger charge is 2.37. The fourth-order valence-electron chi connectivity index (χ4n) is 2.39. The number of hydrazine groups is 1. The molecule has 0 heterocycles. The van der Waals surface area contributed by atoms with E-state index in [0.717, 1.165) is 18.9 Å². The van der Waals surface area contributed by atoms with E-state index in [-0.39, 0.29) is 17.3 Å². The highest BCUT2D eigenvalue weighted by atomic mass is 19.4. The van der Waals surface area contributed by atoms with Crippen LogP contribution in [0.15, 0.2) is 18.2 Å². The molecule has 0 saturated heterocycles. The topological polar surface area (TPSA) is 58.4 Å². The standard InChI is InChI=1S/C14H18F3N3O/c1-8(9-6-7-9)20(2)13(21)10-4-3-5-11(12(10)19-18)14(15,16)17/h3-5,8-9,19H,6-7,18H2,1-2H3. The summed E-state index contributed by atoms with van der Waals surface area (Å²) in [5.41, 5.74) is 0.630. The number of anilines is 1. The first kappa shape index (κ1) is 15.6. The summed E-state index contributed by atoms with van der Waals surface area (Å²) in [6.45, 7) is 1.90. The number of nitrogens with one attached hydrogen (secondary N) is 1. The zero-order chi connectivity index (χ0) is 15.8. The second-order valence-corrected chi connectivity index (χ2v) is 5.36. The van der Waals surface area contributed by atoms with E-state index in [1.54, 1.807) is 7.05 Å². The van der Waals surface area contributed by atoms with Crippen molar-refractivity contribution in [2.24, 2.45) is 11.8 Å². The van der Waals surface area contributed by atoms with Crippen molar-refractivity contribution < 1.29 is 18.0 Å². The smallest absolute Gasteiger partial charge is 0.339 e. The van der Waals surface area contributed by atoms with E-state index in [9.17, 15) is 18.0 Å². The number of carbonyl (C=O) groups is 1. The van der Waals surface area contributed by atoms with Gasteiger partial charge in [-0.1, -0.05) is 6.07 Å². The monoisotopic (exact) mass is 301 g/mol. The van der Waals surface area contributed by atoms with Crippen LogP contribution in [0, 0.1) is 5.92 Å². The summed E-state index contributed by atoms with van der Waals surface area (Å²) in [5, 5.41) is 0. The van der Waals surface area contributed by atoms with Crippen LogP contribution in [0.2, 0.25) is 0 Å². The van der Waals surface area contributed by atoms with Crippen molar-refractivity contribution in [3.63, 3.8) is 0 Å². The van der Waals surface area contributed by atoms with Gasteiger partial charge < -0.3 is 10.3 Å². The maximum atomic E-state index is 13.0. The normalized spacial score (nSPS) is 16.5. The summed E-state index contributed by atoms with van der Waals surface area (Å²) < 4.78 is 38.9. The Morgan fingerprint density at radius 3 is 2.52 bits per heavy atom. The van der Waals surface area contributed by atoms with Crippen LogP contribution in [-0.4, -0.2) is 23.9 Å². The quantitative estimate of drug-likeness (QED) is 0.664. The largest absolute Gasteiger partial charge is 0.418 e.